The molecule has 0 amide bonds. The molecular formula is C15H22O. The van der Waals surface area contributed by atoms with E-state index in [1.54, 1.807) is 0 Å². The van der Waals surface area contributed by atoms with Crippen LogP contribution in [0.4, 0.5) is 0 Å². The summed E-state index contributed by atoms with van der Waals surface area (Å²) in [6.45, 7) is 6.64. The maximum absolute atomic E-state index is 12.1. The third-order valence-electron chi connectivity index (χ3n) is 4.56. The van der Waals surface area contributed by atoms with Gasteiger partial charge in [0, 0.05) is 6.42 Å². The van der Waals surface area contributed by atoms with Crippen LogP contribution >= 0.6 is 0 Å². The van der Waals surface area contributed by atoms with Crippen LogP contribution in [-0.4, -0.2) is 5.78 Å². The maximum atomic E-state index is 12.1. The lowest BCUT2D eigenvalue weighted by Crippen LogP contribution is -2.49. The van der Waals surface area contributed by atoms with Crippen LogP contribution in [0.25, 0.3) is 0 Å². The lowest BCUT2D eigenvalue weighted by Gasteiger charge is -2.56. The summed E-state index contributed by atoms with van der Waals surface area (Å²) in [5.41, 5.74) is 1.51. The SMILES string of the molecule is CC=CCCC(=O)C1=CC[C@H]2C[C@@H]1C2(C)C. The minimum atomic E-state index is 0.375. The van der Waals surface area contributed by atoms with Crippen molar-refractivity contribution >= 4 is 5.78 Å². The van der Waals surface area contributed by atoms with Crippen LogP contribution < -0.4 is 0 Å². The van der Waals surface area contributed by atoms with Gasteiger partial charge in [0.05, 0.1) is 0 Å². The van der Waals surface area contributed by atoms with Crippen LogP contribution in [0.1, 0.15) is 46.5 Å². The molecule has 1 saturated carbocycles. The van der Waals surface area contributed by atoms with Crippen LogP contribution in [0.5, 0.6) is 0 Å². The molecule has 0 radical (unpaired) electrons. The summed E-state index contributed by atoms with van der Waals surface area (Å²) in [7, 11) is 0. The molecule has 0 unspecified atom stereocenters. The van der Waals surface area contributed by atoms with E-state index in [9.17, 15) is 4.79 Å². The molecule has 2 bridgehead atoms. The summed E-state index contributed by atoms with van der Waals surface area (Å²) in [6, 6.07) is 0. The van der Waals surface area contributed by atoms with Gasteiger partial charge in [-0.2, -0.15) is 0 Å². The van der Waals surface area contributed by atoms with E-state index in [1.807, 2.05) is 13.0 Å². The zero-order chi connectivity index (χ0) is 11.8. The first-order valence-corrected chi connectivity index (χ1v) is 6.41. The smallest absolute Gasteiger partial charge is 0.159 e. The number of carbonyl (C=O) groups is 1. The third kappa shape index (κ3) is 1.77. The van der Waals surface area contributed by atoms with Gasteiger partial charge in [-0.25, -0.2) is 0 Å². The highest BCUT2D eigenvalue weighted by atomic mass is 16.1. The second kappa shape index (κ2) is 4.20. The minimum absolute atomic E-state index is 0.375. The van der Waals surface area contributed by atoms with Gasteiger partial charge < -0.3 is 0 Å². The molecule has 1 nitrogen and oxygen atoms in total. The average molecular weight is 218 g/mol. The number of ketones is 1. The molecule has 0 aromatic rings. The van der Waals surface area contributed by atoms with Gasteiger partial charge in [0.1, 0.15) is 0 Å². The predicted octanol–water partition coefficient (Wildman–Crippen LogP) is 3.90. The first kappa shape index (κ1) is 11.6. The average Bonchev–Trinajstić information content (AvgIpc) is 2.29. The second-order valence-corrected chi connectivity index (χ2v) is 5.73. The van der Waals surface area contributed by atoms with E-state index < -0.39 is 0 Å². The van der Waals surface area contributed by atoms with Gasteiger partial charge in [0.2, 0.25) is 0 Å². The fourth-order valence-corrected chi connectivity index (χ4v) is 3.19. The van der Waals surface area contributed by atoms with Gasteiger partial charge in [-0.15, -0.1) is 0 Å². The molecule has 3 rings (SSSR count). The van der Waals surface area contributed by atoms with Crippen molar-refractivity contribution in [1.29, 1.82) is 0 Å². The van der Waals surface area contributed by atoms with E-state index in [0.717, 1.165) is 24.3 Å². The number of hydrogen-bond donors (Lipinski definition) is 0. The summed E-state index contributed by atoms with van der Waals surface area (Å²) in [5, 5.41) is 0. The Balaban J connectivity index is 2.00. The Morgan fingerprint density at radius 2 is 2.31 bits per heavy atom. The highest BCUT2D eigenvalue weighted by molar-refractivity contribution is 5.96. The number of carbonyl (C=O) groups excluding carboxylic acids is 1. The monoisotopic (exact) mass is 218 g/mol. The molecule has 88 valence electrons. The molecule has 0 aromatic heterocycles. The van der Waals surface area contributed by atoms with Crippen LogP contribution in [0.2, 0.25) is 0 Å². The third-order valence-corrected chi connectivity index (χ3v) is 4.56. The van der Waals surface area contributed by atoms with Crippen molar-refractivity contribution in [3.8, 4) is 0 Å². The summed E-state index contributed by atoms with van der Waals surface area (Å²) in [5.74, 6) is 1.75. The molecule has 16 heavy (non-hydrogen) atoms. The van der Waals surface area contributed by atoms with Crippen molar-refractivity contribution in [2.24, 2.45) is 17.3 Å². The zero-order valence-electron chi connectivity index (χ0n) is 10.6. The van der Waals surface area contributed by atoms with Crippen molar-refractivity contribution in [2.75, 3.05) is 0 Å². The fourth-order valence-electron chi connectivity index (χ4n) is 3.19. The molecule has 2 atom stereocenters. The van der Waals surface area contributed by atoms with Gasteiger partial charge in [0.15, 0.2) is 5.78 Å². The molecule has 0 spiro atoms. The first-order chi connectivity index (χ1) is 7.57. The van der Waals surface area contributed by atoms with Crippen LogP contribution in [0, 0.1) is 17.3 Å². The van der Waals surface area contributed by atoms with Crippen molar-refractivity contribution < 1.29 is 4.79 Å². The van der Waals surface area contributed by atoms with Crippen LogP contribution in [-0.2, 0) is 4.79 Å². The molecule has 0 saturated heterocycles. The summed E-state index contributed by atoms with van der Waals surface area (Å²) in [6.07, 6.45) is 10.3. The van der Waals surface area contributed by atoms with Crippen LogP contribution in [0.3, 0.4) is 0 Å². The summed E-state index contributed by atoms with van der Waals surface area (Å²) < 4.78 is 0. The highest BCUT2D eigenvalue weighted by Crippen LogP contribution is 2.59. The quantitative estimate of drug-likeness (QED) is 0.654. The number of Topliss-reactive ketones (excluding diaryl/α,β-unsaturated/α-hetero) is 1. The van der Waals surface area contributed by atoms with E-state index in [0.29, 0.717) is 23.5 Å². The molecule has 1 heteroatoms. The molecular weight excluding hydrogens is 196 g/mol. The van der Waals surface area contributed by atoms with E-state index in [2.05, 4.69) is 26.0 Å². The Kier molecular flexibility index (Phi) is 3.05. The molecule has 3 aliphatic rings. The Hall–Kier alpha value is -0.850. The molecule has 1 fully saturated rings. The van der Waals surface area contributed by atoms with Gasteiger partial charge in [-0.05, 0) is 49.0 Å². The lowest BCUT2D eigenvalue weighted by atomic mass is 9.48. The van der Waals surface area contributed by atoms with E-state index in [1.165, 1.54) is 6.42 Å². The van der Waals surface area contributed by atoms with E-state index in [-0.39, 0.29) is 0 Å². The Morgan fingerprint density at radius 3 is 2.88 bits per heavy atom. The van der Waals surface area contributed by atoms with E-state index in [4.69, 9.17) is 0 Å². The fraction of sp³-hybridized carbons (Fsp3) is 0.667. The molecule has 0 heterocycles. The maximum Gasteiger partial charge on any atom is 0.159 e. The topological polar surface area (TPSA) is 17.1 Å². The number of hydrogen-bond acceptors (Lipinski definition) is 1. The Labute approximate surface area is 98.6 Å². The molecule has 0 N–H and O–H groups in total. The van der Waals surface area contributed by atoms with E-state index >= 15 is 0 Å². The largest absolute Gasteiger partial charge is 0.295 e. The second-order valence-electron chi connectivity index (χ2n) is 5.73. The van der Waals surface area contributed by atoms with Gasteiger partial charge in [0.25, 0.3) is 0 Å². The molecule has 0 aromatic carbocycles. The van der Waals surface area contributed by atoms with Gasteiger partial charge in [-0.3, -0.25) is 4.79 Å². The molecule has 0 aliphatic heterocycles. The van der Waals surface area contributed by atoms with Crippen molar-refractivity contribution in [2.45, 2.75) is 46.5 Å². The predicted molar refractivity (Wildman–Crippen MR) is 67.1 cm³/mol. The number of rotatable bonds is 4. The lowest BCUT2D eigenvalue weighted by molar-refractivity contribution is -0.119. The first-order valence-electron chi connectivity index (χ1n) is 6.41. The van der Waals surface area contributed by atoms with Gasteiger partial charge >= 0.3 is 0 Å². The van der Waals surface area contributed by atoms with Crippen molar-refractivity contribution in [3.05, 3.63) is 23.8 Å². The number of allylic oxidation sites excluding steroid dienone is 4. The number of fused-ring (bicyclic) bond motifs is 1. The standard InChI is InChI=1S/C15H22O/c1-4-5-6-7-14(16)12-9-8-11-10-13(12)15(11,2)3/h4-5,9,11,13H,6-8,10H2,1-3H3/t11-,13-/m0/s1. The normalized spacial score (nSPS) is 31.1. The minimum Gasteiger partial charge on any atom is -0.295 e. The summed E-state index contributed by atoms with van der Waals surface area (Å²) in [4.78, 5) is 12.1. The van der Waals surface area contributed by atoms with Crippen molar-refractivity contribution in [3.63, 3.8) is 0 Å². The zero-order valence-corrected chi connectivity index (χ0v) is 10.6. The van der Waals surface area contributed by atoms with Crippen LogP contribution in [0.15, 0.2) is 23.8 Å². The molecule has 3 aliphatic carbocycles. The van der Waals surface area contributed by atoms with Gasteiger partial charge in [-0.1, -0.05) is 32.1 Å². The summed E-state index contributed by atoms with van der Waals surface area (Å²) >= 11 is 0. The Bertz CT molecular complexity index is 346. The Morgan fingerprint density at radius 1 is 1.56 bits per heavy atom. The van der Waals surface area contributed by atoms with Crippen molar-refractivity contribution in [1.82, 2.24) is 0 Å². The highest BCUT2D eigenvalue weighted by Gasteiger charge is 2.52.